The smallest absolute Gasteiger partial charge is 0.228 e. The molecule has 1 N–H and O–H groups in total. The molecule has 2 aromatic rings. The van der Waals surface area contributed by atoms with Gasteiger partial charge in [-0.15, -0.1) is 0 Å². The van der Waals surface area contributed by atoms with E-state index in [0.29, 0.717) is 22.9 Å². The maximum Gasteiger partial charge on any atom is 0.228 e. The molecule has 1 amide bonds. The van der Waals surface area contributed by atoms with Crippen molar-refractivity contribution in [3.63, 3.8) is 0 Å². The highest BCUT2D eigenvalue weighted by molar-refractivity contribution is 5.91. The van der Waals surface area contributed by atoms with Crippen molar-refractivity contribution in [1.29, 1.82) is 5.26 Å². The molecule has 0 bridgehead atoms. The Bertz CT molecular complexity index is 673. The molecule has 5 nitrogen and oxygen atoms in total. The van der Waals surface area contributed by atoms with Gasteiger partial charge in [0.1, 0.15) is 17.3 Å². The second-order valence-electron chi connectivity index (χ2n) is 4.76. The average Bonchev–Trinajstić information content (AvgIpc) is 2.49. The van der Waals surface area contributed by atoms with E-state index in [-0.39, 0.29) is 11.8 Å². The molecule has 106 valence electrons. The van der Waals surface area contributed by atoms with E-state index in [0.717, 1.165) is 0 Å². The lowest BCUT2D eigenvalue weighted by molar-refractivity contribution is -0.118. The highest BCUT2D eigenvalue weighted by Crippen LogP contribution is 2.22. The third-order valence-electron chi connectivity index (χ3n) is 2.71. The predicted octanol–water partition coefficient (Wildman–Crippen LogP) is 3.34. The van der Waals surface area contributed by atoms with E-state index in [2.05, 4.69) is 16.4 Å². The van der Waals surface area contributed by atoms with Gasteiger partial charge in [-0.05, 0) is 30.3 Å². The summed E-state index contributed by atoms with van der Waals surface area (Å²) in [7, 11) is 0. The highest BCUT2D eigenvalue weighted by atomic mass is 16.5. The van der Waals surface area contributed by atoms with Gasteiger partial charge in [-0.1, -0.05) is 19.9 Å². The molecular formula is C16H15N3O2. The summed E-state index contributed by atoms with van der Waals surface area (Å²) >= 11 is 0. The highest BCUT2D eigenvalue weighted by Gasteiger charge is 2.08. The van der Waals surface area contributed by atoms with Crippen molar-refractivity contribution in [3.8, 4) is 17.6 Å². The van der Waals surface area contributed by atoms with Crippen molar-refractivity contribution >= 4 is 11.7 Å². The fourth-order valence-corrected chi connectivity index (χ4v) is 1.55. The first kappa shape index (κ1) is 14.5. The maximum absolute atomic E-state index is 11.5. The largest absolute Gasteiger partial charge is 0.456 e. The summed E-state index contributed by atoms with van der Waals surface area (Å²) in [5.74, 6) is 1.39. The number of ether oxygens (including phenoxy) is 1. The molecular weight excluding hydrogens is 266 g/mol. The van der Waals surface area contributed by atoms with Crippen LogP contribution in [0.2, 0.25) is 0 Å². The average molecular weight is 281 g/mol. The standard InChI is InChI=1S/C16H15N3O2/c1-11(2)16(20)19-15-7-6-14(10-18-15)21-13-5-3-4-12(8-13)9-17/h3-8,10-11H,1-2H3,(H,18,19,20). The number of carbonyl (C=O) groups excluding carboxylic acids is 1. The molecule has 5 heteroatoms. The van der Waals surface area contributed by atoms with Crippen LogP contribution >= 0.6 is 0 Å². The first-order valence-corrected chi connectivity index (χ1v) is 6.53. The van der Waals surface area contributed by atoms with Gasteiger partial charge < -0.3 is 10.1 Å². The van der Waals surface area contributed by atoms with Crippen molar-refractivity contribution in [2.45, 2.75) is 13.8 Å². The predicted molar refractivity (Wildman–Crippen MR) is 78.9 cm³/mol. The summed E-state index contributed by atoms with van der Waals surface area (Å²) in [5, 5.41) is 11.5. The van der Waals surface area contributed by atoms with Gasteiger partial charge in [0.25, 0.3) is 0 Å². The van der Waals surface area contributed by atoms with Crippen LogP contribution in [-0.4, -0.2) is 10.9 Å². The fourth-order valence-electron chi connectivity index (χ4n) is 1.55. The van der Waals surface area contributed by atoms with E-state index < -0.39 is 0 Å². The fraction of sp³-hybridized carbons (Fsp3) is 0.188. The molecule has 0 spiro atoms. The normalized spacial score (nSPS) is 10.0. The summed E-state index contributed by atoms with van der Waals surface area (Å²) in [6.45, 7) is 3.63. The Morgan fingerprint density at radius 2 is 2.10 bits per heavy atom. The van der Waals surface area contributed by atoms with Gasteiger partial charge in [0.05, 0.1) is 17.8 Å². The van der Waals surface area contributed by atoms with Crippen LogP contribution in [0.15, 0.2) is 42.6 Å². The molecule has 0 atom stereocenters. The molecule has 21 heavy (non-hydrogen) atoms. The molecule has 0 fully saturated rings. The number of hydrogen-bond acceptors (Lipinski definition) is 4. The Morgan fingerprint density at radius 3 is 2.71 bits per heavy atom. The van der Waals surface area contributed by atoms with E-state index in [1.54, 1.807) is 36.4 Å². The number of amides is 1. The number of aromatic nitrogens is 1. The van der Waals surface area contributed by atoms with E-state index in [9.17, 15) is 4.79 Å². The SMILES string of the molecule is CC(C)C(=O)Nc1ccc(Oc2cccc(C#N)c2)cn1. The van der Waals surface area contributed by atoms with E-state index >= 15 is 0 Å². The summed E-state index contributed by atoms with van der Waals surface area (Å²) in [5.41, 5.74) is 0.529. The number of benzene rings is 1. The Hall–Kier alpha value is -2.87. The van der Waals surface area contributed by atoms with Crippen molar-refractivity contribution in [2.75, 3.05) is 5.32 Å². The Labute approximate surface area is 123 Å². The first-order valence-electron chi connectivity index (χ1n) is 6.53. The van der Waals surface area contributed by atoms with Crippen LogP contribution in [0.1, 0.15) is 19.4 Å². The first-order chi connectivity index (χ1) is 10.1. The summed E-state index contributed by atoms with van der Waals surface area (Å²) in [6, 6.07) is 12.3. The van der Waals surface area contributed by atoms with Crippen molar-refractivity contribution in [2.24, 2.45) is 5.92 Å². The van der Waals surface area contributed by atoms with Crippen LogP contribution in [0.5, 0.6) is 11.5 Å². The second-order valence-corrected chi connectivity index (χ2v) is 4.76. The topological polar surface area (TPSA) is 75.0 Å². The summed E-state index contributed by atoms with van der Waals surface area (Å²) in [4.78, 5) is 15.7. The van der Waals surface area contributed by atoms with E-state index in [1.807, 2.05) is 13.8 Å². The third kappa shape index (κ3) is 4.05. The third-order valence-corrected chi connectivity index (χ3v) is 2.71. The lowest BCUT2D eigenvalue weighted by Gasteiger charge is -2.08. The zero-order valence-corrected chi connectivity index (χ0v) is 11.8. The molecule has 2 rings (SSSR count). The van der Waals surface area contributed by atoms with Crippen LogP contribution in [0.25, 0.3) is 0 Å². The second kappa shape index (κ2) is 6.53. The van der Waals surface area contributed by atoms with Gasteiger partial charge in [-0.3, -0.25) is 4.79 Å². The van der Waals surface area contributed by atoms with Gasteiger partial charge >= 0.3 is 0 Å². The number of carbonyl (C=O) groups is 1. The van der Waals surface area contributed by atoms with Crippen molar-refractivity contribution in [1.82, 2.24) is 4.98 Å². The number of nitrogens with one attached hydrogen (secondary N) is 1. The molecule has 1 heterocycles. The molecule has 0 unspecified atom stereocenters. The van der Waals surface area contributed by atoms with Crippen LogP contribution in [-0.2, 0) is 4.79 Å². The Kier molecular flexibility index (Phi) is 4.52. The van der Waals surface area contributed by atoms with Crippen molar-refractivity contribution in [3.05, 3.63) is 48.2 Å². The Balaban J connectivity index is 2.05. The van der Waals surface area contributed by atoms with Crippen LogP contribution in [0.3, 0.4) is 0 Å². The number of nitrogens with zero attached hydrogens (tertiary/aromatic N) is 2. The molecule has 1 aromatic heterocycles. The molecule has 0 aliphatic rings. The molecule has 0 saturated heterocycles. The number of hydrogen-bond donors (Lipinski definition) is 1. The number of pyridine rings is 1. The lowest BCUT2D eigenvalue weighted by Crippen LogP contribution is -2.18. The molecule has 0 radical (unpaired) electrons. The number of rotatable bonds is 4. The molecule has 1 aromatic carbocycles. The molecule has 0 saturated carbocycles. The monoisotopic (exact) mass is 281 g/mol. The summed E-state index contributed by atoms with van der Waals surface area (Å²) < 4.78 is 5.60. The van der Waals surface area contributed by atoms with Crippen LogP contribution in [0.4, 0.5) is 5.82 Å². The molecule has 0 aliphatic heterocycles. The maximum atomic E-state index is 11.5. The number of anilines is 1. The van der Waals surface area contributed by atoms with Gasteiger partial charge in [-0.2, -0.15) is 5.26 Å². The zero-order valence-electron chi connectivity index (χ0n) is 11.8. The quantitative estimate of drug-likeness (QED) is 0.932. The Morgan fingerprint density at radius 1 is 1.29 bits per heavy atom. The van der Waals surface area contributed by atoms with Crippen molar-refractivity contribution < 1.29 is 9.53 Å². The van der Waals surface area contributed by atoms with Crippen LogP contribution in [0, 0.1) is 17.2 Å². The van der Waals surface area contributed by atoms with Gasteiger partial charge in [0, 0.05) is 5.92 Å². The molecule has 0 aliphatic carbocycles. The minimum atomic E-state index is -0.101. The van der Waals surface area contributed by atoms with Crippen LogP contribution < -0.4 is 10.1 Å². The lowest BCUT2D eigenvalue weighted by atomic mass is 10.2. The van der Waals surface area contributed by atoms with Gasteiger partial charge in [-0.25, -0.2) is 4.98 Å². The van der Waals surface area contributed by atoms with E-state index in [4.69, 9.17) is 10.00 Å². The zero-order chi connectivity index (χ0) is 15.2. The number of nitriles is 1. The van der Waals surface area contributed by atoms with Gasteiger partial charge in [0.2, 0.25) is 5.91 Å². The van der Waals surface area contributed by atoms with E-state index in [1.165, 1.54) is 6.20 Å². The van der Waals surface area contributed by atoms with Gasteiger partial charge in [0.15, 0.2) is 0 Å². The summed E-state index contributed by atoms with van der Waals surface area (Å²) in [6.07, 6.45) is 1.52. The minimum absolute atomic E-state index is 0.0853. The minimum Gasteiger partial charge on any atom is -0.456 e.